The van der Waals surface area contributed by atoms with Crippen molar-refractivity contribution in [1.82, 2.24) is 20.0 Å². The Balaban J connectivity index is 2.75. The fourth-order valence-electron chi connectivity index (χ4n) is 1.25. The molecule has 2 rings (SSSR count). The first-order chi connectivity index (χ1) is 6.74. The molecule has 0 bridgehead atoms. The van der Waals surface area contributed by atoms with Crippen LogP contribution in [0.5, 0.6) is 0 Å². The summed E-state index contributed by atoms with van der Waals surface area (Å²) in [5, 5.41) is 19.3. The number of fused-ring (bicyclic) bond motifs is 1. The van der Waals surface area contributed by atoms with Gasteiger partial charge in [-0.3, -0.25) is 9.89 Å². The maximum absolute atomic E-state index is 11.6. The van der Waals surface area contributed by atoms with E-state index in [2.05, 4.69) is 15.3 Å². The van der Waals surface area contributed by atoms with Crippen LogP contribution in [0.1, 0.15) is 0 Å². The minimum Gasteiger partial charge on any atom is -0.394 e. The van der Waals surface area contributed by atoms with Gasteiger partial charge in [-0.05, 0) is 0 Å². The number of rotatable bonds is 2. The summed E-state index contributed by atoms with van der Waals surface area (Å²) >= 11 is 0. The van der Waals surface area contributed by atoms with Crippen molar-refractivity contribution in [3.63, 3.8) is 0 Å². The zero-order valence-electron chi connectivity index (χ0n) is 7.27. The van der Waals surface area contributed by atoms with Crippen LogP contribution in [0.4, 0.5) is 5.82 Å². The Morgan fingerprint density at radius 2 is 2.43 bits per heavy atom. The number of aliphatic hydroxyl groups is 1. The monoisotopic (exact) mass is 195 g/mol. The molecule has 0 saturated heterocycles. The molecule has 2 aromatic heterocycles. The first-order valence-corrected chi connectivity index (χ1v) is 4.04. The van der Waals surface area contributed by atoms with Crippen LogP contribution in [0.15, 0.2) is 11.0 Å². The van der Waals surface area contributed by atoms with Crippen molar-refractivity contribution in [1.29, 1.82) is 0 Å². The van der Waals surface area contributed by atoms with Crippen LogP contribution in [-0.4, -0.2) is 31.7 Å². The molecule has 0 aliphatic carbocycles. The Labute approximate surface area is 78.2 Å². The molecule has 0 aliphatic heterocycles. The highest BCUT2D eigenvalue weighted by atomic mass is 16.3. The van der Waals surface area contributed by atoms with Crippen LogP contribution in [0.25, 0.3) is 10.9 Å². The van der Waals surface area contributed by atoms with Gasteiger partial charge < -0.3 is 10.8 Å². The number of hydrogen-bond acceptors (Lipinski definition) is 5. The predicted octanol–water partition coefficient (Wildman–Crippen LogP) is -1.31. The Hall–Kier alpha value is -1.89. The first-order valence-electron chi connectivity index (χ1n) is 4.04. The van der Waals surface area contributed by atoms with Gasteiger partial charge >= 0.3 is 0 Å². The van der Waals surface area contributed by atoms with E-state index in [9.17, 15) is 4.79 Å². The smallest absolute Gasteiger partial charge is 0.292 e. The van der Waals surface area contributed by atoms with Gasteiger partial charge in [0.15, 0.2) is 5.82 Å². The summed E-state index contributed by atoms with van der Waals surface area (Å²) in [6.07, 6.45) is 1.45. The summed E-state index contributed by atoms with van der Waals surface area (Å²) in [5.74, 6) is 0.224. The third-order valence-electron chi connectivity index (χ3n) is 1.90. The number of nitrogens with zero attached hydrogens (tertiary/aromatic N) is 3. The molecule has 0 saturated carbocycles. The summed E-state index contributed by atoms with van der Waals surface area (Å²) in [6.45, 7) is -0.0377. The van der Waals surface area contributed by atoms with E-state index >= 15 is 0 Å². The van der Waals surface area contributed by atoms with Crippen molar-refractivity contribution in [2.24, 2.45) is 0 Å². The second kappa shape index (κ2) is 3.11. The predicted molar refractivity (Wildman–Crippen MR) is 49.6 cm³/mol. The summed E-state index contributed by atoms with van der Waals surface area (Å²) in [4.78, 5) is 11.6. The Kier molecular flexibility index (Phi) is 1.93. The van der Waals surface area contributed by atoms with Crippen LogP contribution >= 0.6 is 0 Å². The third-order valence-corrected chi connectivity index (χ3v) is 1.90. The van der Waals surface area contributed by atoms with Crippen LogP contribution < -0.4 is 11.3 Å². The van der Waals surface area contributed by atoms with Crippen molar-refractivity contribution < 1.29 is 5.11 Å². The van der Waals surface area contributed by atoms with Gasteiger partial charge in [-0.2, -0.15) is 10.2 Å². The van der Waals surface area contributed by atoms with E-state index in [1.807, 2.05) is 0 Å². The van der Waals surface area contributed by atoms with Gasteiger partial charge in [0.25, 0.3) is 5.56 Å². The van der Waals surface area contributed by atoms with Gasteiger partial charge in [-0.1, -0.05) is 0 Å². The summed E-state index contributed by atoms with van der Waals surface area (Å²) in [7, 11) is 0. The molecule has 14 heavy (non-hydrogen) atoms. The number of aromatic amines is 1. The number of aromatic nitrogens is 4. The molecule has 0 fully saturated rings. The number of nitrogens with two attached hydrogens (primary N) is 1. The molecule has 7 nitrogen and oxygen atoms in total. The molecule has 0 radical (unpaired) electrons. The molecule has 2 heterocycles. The zero-order chi connectivity index (χ0) is 10.1. The van der Waals surface area contributed by atoms with E-state index < -0.39 is 0 Å². The van der Waals surface area contributed by atoms with E-state index in [4.69, 9.17) is 10.8 Å². The quantitative estimate of drug-likeness (QED) is 0.551. The van der Waals surface area contributed by atoms with E-state index in [-0.39, 0.29) is 24.5 Å². The van der Waals surface area contributed by atoms with E-state index in [1.165, 1.54) is 6.20 Å². The number of nitrogen functional groups attached to an aromatic ring is 1. The van der Waals surface area contributed by atoms with Crippen LogP contribution in [0, 0.1) is 0 Å². The van der Waals surface area contributed by atoms with Crippen molar-refractivity contribution in [3.8, 4) is 0 Å². The van der Waals surface area contributed by atoms with Gasteiger partial charge in [0.1, 0.15) is 5.52 Å². The van der Waals surface area contributed by atoms with Gasteiger partial charge in [0.05, 0.1) is 24.7 Å². The molecule has 0 amide bonds. The largest absolute Gasteiger partial charge is 0.394 e. The van der Waals surface area contributed by atoms with Crippen molar-refractivity contribution >= 4 is 16.7 Å². The zero-order valence-corrected chi connectivity index (χ0v) is 7.27. The standard InChI is InChI=1S/C7H9N5O2/c8-6-4-3-9-10-5(4)7(14)12(11-6)1-2-13/h3,13H,1-2H2,(H2,8,11)(H,9,10). The number of nitrogens with one attached hydrogen (secondary N) is 1. The van der Waals surface area contributed by atoms with E-state index in [1.54, 1.807) is 0 Å². The average Bonchev–Trinajstić information content (AvgIpc) is 2.63. The molecule has 4 N–H and O–H groups in total. The number of aliphatic hydroxyl groups excluding tert-OH is 1. The summed E-state index contributed by atoms with van der Waals surface area (Å²) < 4.78 is 1.11. The Bertz CT molecular complexity index is 514. The molecule has 0 aliphatic rings. The van der Waals surface area contributed by atoms with Gasteiger partial charge in [0.2, 0.25) is 0 Å². The lowest BCUT2D eigenvalue weighted by atomic mass is 10.3. The highest BCUT2D eigenvalue weighted by Gasteiger charge is 2.09. The maximum Gasteiger partial charge on any atom is 0.292 e. The van der Waals surface area contributed by atoms with Gasteiger partial charge in [-0.15, -0.1) is 0 Å². The highest BCUT2D eigenvalue weighted by Crippen LogP contribution is 2.10. The van der Waals surface area contributed by atoms with Crippen molar-refractivity contribution in [2.45, 2.75) is 6.54 Å². The Morgan fingerprint density at radius 1 is 1.64 bits per heavy atom. The van der Waals surface area contributed by atoms with Gasteiger partial charge in [-0.25, -0.2) is 4.68 Å². The fourth-order valence-corrected chi connectivity index (χ4v) is 1.25. The number of anilines is 1. The topological polar surface area (TPSA) is 110 Å². The average molecular weight is 195 g/mol. The SMILES string of the molecule is Nc1nn(CCO)c(=O)c2[nH]ncc12. The van der Waals surface area contributed by atoms with E-state index in [0.29, 0.717) is 10.9 Å². The van der Waals surface area contributed by atoms with Gasteiger partial charge in [0, 0.05) is 0 Å². The minimum absolute atomic E-state index is 0.123. The lowest BCUT2D eigenvalue weighted by Gasteiger charge is -2.02. The molecule has 0 unspecified atom stereocenters. The van der Waals surface area contributed by atoms with Crippen molar-refractivity contribution in [3.05, 3.63) is 16.6 Å². The number of hydrogen-bond donors (Lipinski definition) is 3. The maximum atomic E-state index is 11.6. The summed E-state index contributed by atoms with van der Waals surface area (Å²) in [5.41, 5.74) is 5.57. The lowest BCUT2D eigenvalue weighted by Crippen LogP contribution is -2.25. The summed E-state index contributed by atoms with van der Waals surface area (Å²) in [6, 6.07) is 0. The molecule has 0 atom stereocenters. The molecule has 7 heteroatoms. The lowest BCUT2D eigenvalue weighted by molar-refractivity contribution is 0.267. The molecule has 74 valence electrons. The molecule has 0 spiro atoms. The van der Waals surface area contributed by atoms with Crippen molar-refractivity contribution in [2.75, 3.05) is 12.3 Å². The first kappa shape index (κ1) is 8.70. The molecule has 0 aromatic carbocycles. The minimum atomic E-state index is -0.333. The molecular weight excluding hydrogens is 186 g/mol. The molecule has 2 aromatic rings. The van der Waals surface area contributed by atoms with E-state index in [0.717, 1.165) is 4.68 Å². The van der Waals surface area contributed by atoms with Crippen LogP contribution in [0.2, 0.25) is 0 Å². The van der Waals surface area contributed by atoms with Crippen LogP contribution in [-0.2, 0) is 6.54 Å². The Morgan fingerprint density at radius 3 is 3.14 bits per heavy atom. The number of H-pyrrole nitrogens is 1. The second-order valence-corrected chi connectivity index (χ2v) is 2.80. The molecular formula is C7H9N5O2. The van der Waals surface area contributed by atoms with Crippen LogP contribution in [0.3, 0.4) is 0 Å². The normalized spacial score (nSPS) is 10.9. The second-order valence-electron chi connectivity index (χ2n) is 2.80. The third kappa shape index (κ3) is 1.14. The highest BCUT2D eigenvalue weighted by molar-refractivity contribution is 5.86. The fraction of sp³-hybridized carbons (Fsp3) is 0.286.